The highest BCUT2D eigenvalue weighted by molar-refractivity contribution is 7.98. The lowest BCUT2D eigenvalue weighted by molar-refractivity contribution is 0.319. The maximum atomic E-state index is 5.41. The molecule has 1 aromatic heterocycles. The first-order chi connectivity index (χ1) is 9.81. The molecule has 1 aliphatic rings. The van der Waals surface area contributed by atoms with Crippen LogP contribution in [0, 0.1) is 6.92 Å². The summed E-state index contributed by atoms with van der Waals surface area (Å²) in [7, 11) is 0. The van der Waals surface area contributed by atoms with Gasteiger partial charge >= 0.3 is 0 Å². The first-order valence-electron chi connectivity index (χ1n) is 7.04. The zero-order chi connectivity index (χ0) is 13.8. The van der Waals surface area contributed by atoms with Gasteiger partial charge in [0.1, 0.15) is 0 Å². The minimum absolute atomic E-state index is 0.432. The van der Waals surface area contributed by atoms with Crippen molar-refractivity contribution in [3.8, 4) is 0 Å². The monoisotopic (exact) mass is 289 g/mol. The summed E-state index contributed by atoms with van der Waals surface area (Å²) in [6.07, 6.45) is 2.18. The van der Waals surface area contributed by atoms with Gasteiger partial charge in [0.15, 0.2) is 5.82 Å². The van der Waals surface area contributed by atoms with Crippen LogP contribution in [0.2, 0.25) is 0 Å². The summed E-state index contributed by atoms with van der Waals surface area (Å²) in [6, 6.07) is 8.51. The second-order valence-electron chi connectivity index (χ2n) is 5.17. The van der Waals surface area contributed by atoms with Gasteiger partial charge in [-0.05, 0) is 45.0 Å². The van der Waals surface area contributed by atoms with Gasteiger partial charge in [-0.25, -0.2) is 0 Å². The topological polar surface area (TPSA) is 51.0 Å². The Morgan fingerprint density at radius 2 is 2.00 bits per heavy atom. The molecule has 3 rings (SSSR count). The van der Waals surface area contributed by atoms with E-state index in [4.69, 9.17) is 4.52 Å². The number of benzene rings is 1. The van der Waals surface area contributed by atoms with E-state index in [-0.39, 0.29) is 0 Å². The van der Waals surface area contributed by atoms with Gasteiger partial charge in [-0.3, -0.25) is 0 Å². The summed E-state index contributed by atoms with van der Waals surface area (Å²) in [4.78, 5) is 5.78. The van der Waals surface area contributed by atoms with Gasteiger partial charge in [0, 0.05) is 10.8 Å². The van der Waals surface area contributed by atoms with E-state index in [9.17, 15) is 0 Å². The third-order valence-corrected chi connectivity index (χ3v) is 4.57. The molecule has 0 radical (unpaired) electrons. The van der Waals surface area contributed by atoms with Crippen LogP contribution in [0.5, 0.6) is 0 Å². The molecule has 0 saturated carbocycles. The van der Waals surface area contributed by atoms with Crippen LogP contribution in [0.4, 0.5) is 0 Å². The van der Waals surface area contributed by atoms with Crippen molar-refractivity contribution in [2.45, 2.75) is 36.3 Å². The molecule has 1 fully saturated rings. The maximum absolute atomic E-state index is 5.41. The lowest BCUT2D eigenvalue weighted by atomic mass is 9.98. The number of aryl methyl sites for hydroxylation is 1. The molecule has 5 heteroatoms. The Labute approximate surface area is 123 Å². The summed E-state index contributed by atoms with van der Waals surface area (Å²) in [5.74, 6) is 2.80. The largest absolute Gasteiger partial charge is 0.339 e. The van der Waals surface area contributed by atoms with Gasteiger partial charge in [0.25, 0.3) is 0 Å². The second kappa shape index (κ2) is 6.41. The van der Waals surface area contributed by atoms with Crippen molar-refractivity contribution in [3.63, 3.8) is 0 Å². The SMILES string of the molecule is Cc1ccc(SCc2noc(C3CCNCC3)n2)cc1. The molecule has 0 unspecified atom stereocenters. The Kier molecular flexibility index (Phi) is 4.38. The van der Waals surface area contributed by atoms with Crippen molar-refractivity contribution in [3.05, 3.63) is 41.5 Å². The van der Waals surface area contributed by atoms with E-state index >= 15 is 0 Å². The summed E-state index contributed by atoms with van der Waals surface area (Å²) >= 11 is 1.74. The number of piperidine rings is 1. The van der Waals surface area contributed by atoms with Crippen molar-refractivity contribution in [2.24, 2.45) is 0 Å². The molecule has 1 N–H and O–H groups in total. The molecule has 2 heterocycles. The fraction of sp³-hybridized carbons (Fsp3) is 0.467. The number of nitrogens with one attached hydrogen (secondary N) is 1. The Hall–Kier alpha value is -1.33. The molecule has 1 saturated heterocycles. The van der Waals surface area contributed by atoms with Gasteiger partial charge in [0.05, 0.1) is 5.75 Å². The number of hydrogen-bond donors (Lipinski definition) is 1. The van der Waals surface area contributed by atoms with Crippen LogP contribution >= 0.6 is 11.8 Å². The molecule has 1 aliphatic heterocycles. The number of hydrogen-bond acceptors (Lipinski definition) is 5. The summed E-state index contributed by atoms with van der Waals surface area (Å²) in [5.41, 5.74) is 1.28. The van der Waals surface area contributed by atoms with Crippen LogP contribution in [0.3, 0.4) is 0 Å². The van der Waals surface area contributed by atoms with Gasteiger partial charge < -0.3 is 9.84 Å². The molecule has 106 valence electrons. The van der Waals surface area contributed by atoms with Gasteiger partial charge in [-0.2, -0.15) is 4.98 Å². The quantitative estimate of drug-likeness (QED) is 0.876. The molecule has 0 atom stereocenters. The maximum Gasteiger partial charge on any atom is 0.229 e. The minimum Gasteiger partial charge on any atom is -0.339 e. The molecule has 20 heavy (non-hydrogen) atoms. The highest BCUT2D eigenvalue weighted by Crippen LogP contribution is 2.26. The van der Waals surface area contributed by atoms with Crippen LogP contribution in [-0.2, 0) is 5.75 Å². The van der Waals surface area contributed by atoms with Gasteiger partial charge in [-0.15, -0.1) is 11.8 Å². The normalized spacial score (nSPS) is 16.4. The Balaban J connectivity index is 1.58. The van der Waals surface area contributed by atoms with Crippen molar-refractivity contribution in [2.75, 3.05) is 13.1 Å². The van der Waals surface area contributed by atoms with E-state index in [1.165, 1.54) is 10.5 Å². The lowest BCUT2D eigenvalue weighted by Crippen LogP contribution is -2.26. The summed E-state index contributed by atoms with van der Waals surface area (Å²) in [5, 5.41) is 7.45. The molecule has 0 bridgehead atoms. The number of thioether (sulfide) groups is 1. The average molecular weight is 289 g/mol. The van der Waals surface area contributed by atoms with Crippen LogP contribution in [0.25, 0.3) is 0 Å². The van der Waals surface area contributed by atoms with Crippen LogP contribution in [-0.4, -0.2) is 23.2 Å². The fourth-order valence-electron chi connectivity index (χ4n) is 2.34. The van der Waals surface area contributed by atoms with Crippen molar-refractivity contribution >= 4 is 11.8 Å². The molecule has 0 amide bonds. The van der Waals surface area contributed by atoms with E-state index in [0.29, 0.717) is 5.92 Å². The summed E-state index contributed by atoms with van der Waals surface area (Å²) in [6.45, 7) is 4.18. The minimum atomic E-state index is 0.432. The fourth-order valence-corrected chi connectivity index (χ4v) is 3.08. The van der Waals surface area contributed by atoms with Crippen molar-refractivity contribution in [1.29, 1.82) is 0 Å². The van der Waals surface area contributed by atoms with Crippen molar-refractivity contribution in [1.82, 2.24) is 15.5 Å². The zero-order valence-corrected chi connectivity index (χ0v) is 12.4. The predicted octanol–water partition coefficient (Wildman–Crippen LogP) is 3.14. The molecule has 2 aromatic rings. The average Bonchev–Trinajstić information content (AvgIpc) is 2.97. The first-order valence-corrected chi connectivity index (χ1v) is 8.02. The number of aromatic nitrogens is 2. The molecule has 0 aliphatic carbocycles. The van der Waals surface area contributed by atoms with Crippen LogP contribution in [0.15, 0.2) is 33.7 Å². The Morgan fingerprint density at radius 3 is 2.75 bits per heavy atom. The van der Waals surface area contributed by atoms with Gasteiger partial charge in [0.2, 0.25) is 5.89 Å². The molecule has 4 nitrogen and oxygen atoms in total. The third-order valence-electron chi connectivity index (χ3n) is 3.56. The molecular weight excluding hydrogens is 270 g/mol. The predicted molar refractivity (Wildman–Crippen MR) is 79.9 cm³/mol. The van der Waals surface area contributed by atoms with E-state index in [1.54, 1.807) is 11.8 Å². The number of rotatable bonds is 4. The smallest absolute Gasteiger partial charge is 0.229 e. The van der Waals surface area contributed by atoms with E-state index in [1.807, 2.05) is 0 Å². The van der Waals surface area contributed by atoms with Crippen molar-refractivity contribution < 1.29 is 4.52 Å². The standard InChI is InChI=1S/C15H19N3OS/c1-11-2-4-13(5-3-11)20-10-14-17-15(19-18-14)12-6-8-16-9-7-12/h2-5,12,16H,6-10H2,1H3. The first kappa shape index (κ1) is 13.6. The van der Waals surface area contributed by atoms with Gasteiger partial charge in [-0.1, -0.05) is 22.9 Å². The van der Waals surface area contributed by atoms with Crippen LogP contribution in [0.1, 0.15) is 36.0 Å². The third kappa shape index (κ3) is 3.41. The van der Waals surface area contributed by atoms with Crippen LogP contribution < -0.4 is 5.32 Å². The highest BCUT2D eigenvalue weighted by atomic mass is 32.2. The number of nitrogens with zero attached hydrogens (tertiary/aromatic N) is 2. The molecule has 1 aromatic carbocycles. The Morgan fingerprint density at radius 1 is 1.25 bits per heavy atom. The van der Waals surface area contributed by atoms with E-state index in [2.05, 4.69) is 46.6 Å². The molecular formula is C15H19N3OS. The van der Waals surface area contributed by atoms with E-state index in [0.717, 1.165) is 43.4 Å². The Bertz CT molecular complexity index is 547. The lowest BCUT2D eigenvalue weighted by Gasteiger charge is -2.18. The highest BCUT2D eigenvalue weighted by Gasteiger charge is 2.21. The zero-order valence-electron chi connectivity index (χ0n) is 11.6. The second-order valence-corrected chi connectivity index (χ2v) is 6.22. The van der Waals surface area contributed by atoms with E-state index < -0.39 is 0 Å². The molecule has 0 spiro atoms. The summed E-state index contributed by atoms with van der Waals surface area (Å²) < 4.78 is 5.41.